The van der Waals surface area contributed by atoms with E-state index >= 15 is 0 Å². The van der Waals surface area contributed by atoms with Crippen molar-refractivity contribution in [2.45, 2.75) is 25.6 Å². The summed E-state index contributed by atoms with van der Waals surface area (Å²) >= 11 is 0. The minimum Gasteiger partial charge on any atom is -0.497 e. The lowest BCUT2D eigenvalue weighted by atomic mass is 9.95. The Balaban J connectivity index is 1.48. The molecule has 0 saturated carbocycles. The topological polar surface area (TPSA) is 48.0 Å². The molecule has 0 spiro atoms. The first-order valence-electron chi connectivity index (χ1n) is 7.90. The van der Waals surface area contributed by atoms with Gasteiger partial charge in [-0.1, -0.05) is 12.1 Å². The van der Waals surface area contributed by atoms with Crippen molar-refractivity contribution < 1.29 is 19.0 Å². The molecule has 0 unspecified atom stereocenters. The molecule has 2 aliphatic rings. The highest BCUT2D eigenvalue weighted by Gasteiger charge is 2.31. The number of amides is 1. The quantitative estimate of drug-likeness (QED) is 0.852. The van der Waals surface area contributed by atoms with E-state index in [2.05, 4.69) is 0 Å². The number of methoxy groups -OCH3 is 1. The zero-order chi connectivity index (χ0) is 15.4. The summed E-state index contributed by atoms with van der Waals surface area (Å²) in [6, 6.07) is 7.68. The molecule has 22 heavy (non-hydrogen) atoms. The van der Waals surface area contributed by atoms with Crippen LogP contribution in [0.3, 0.4) is 0 Å². The zero-order valence-electron chi connectivity index (χ0n) is 13.0. The van der Waals surface area contributed by atoms with Gasteiger partial charge in [0.15, 0.2) is 6.29 Å². The number of carbonyl (C=O) groups excluding carboxylic acids is 1. The SMILES string of the molecule is COc1ccc(CC(=O)N2CCC(C3OCCO3)CC2)cc1. The number of piperidine rings is 1. The predicted octanol–water partition coefficient (Wildman–Crippen LogP) is 1.85. The molecule has 1 aromatic rings. The maximum absolute atomic E-state index is 12.4. The van der Waals surface area contributed by atoms with Crippen LogP contribution in [0.1, 0.15) is 18.4 Å². The van der Waals surface area contributed by atoms with E-state index in [1.165, 1.54) is 0 Å². The molecule has 0 radical (unpaired) electrons. The lowest BCUT2D eigenvalue weighted by molar-refractivity contribution is -0.136. The van der Waals surface area contributed by atoms with Crippen molar-refractivity contribution in [1.82, 2.24) is 4.90 Å². The fraction of sp³-hybridized carbons (Fsp3) is 0.588. The number of likely N-dealkylation sites (tertiary alicyclic amines) is 1. The lowest BCUT2D eigenvalue weighted by Crippen LogP contribution is -2.42. The standard InChI is InChI=1S/C17H23NO4/c1-20-15-4-2-13(3-5-15)12-16(19)18-8-6-14(7-9-18)17-21-10-11-22-17/h2-5,14,17H,6-12H2,1H3. The fourth-order valence-corrected chi connectivity index (χ4v) is 3.10. The second-order valence-electron chi connectivity index (χ2n) is 5.85. The summed E-state index contributed by atoms with van der Waals surface area (Å²) in [6.45, 7) is 2.98. The van der Waals surface area contributed by atoms with Gasteiger partial charge in [0.25, 0.3) is 0 Å². The molecule has 0 atom stereocenters. The number of benzene rings is 1. The Morgan fingerprint density at radius 1 is 1.18 bits per heavy atom. The van der Waals surface area contributed by atoms with Crippen molar-refractivity contribution in [3.63, 3.8) is 0 Å². The molecule has 0 N–H and O–H groups in total. The first-order chi connectivity index (χ1) is 10.8. The largest absolute Gasteiger partial charge is 0.497 e. The van der Waals surface area contributed by atoms with Crippen LogP contribution >= 0.6 is 0 Å². The van der Waals surface area contributed by atoms with Gasteiger partial charge in [-0.15, -0.1) is 0 Å². The number of rotatable bonds is 4. The molecule has 0 aliphatic carbocycles. The van der Waals surface area contributed by atoms with Gasteiger partial charge in [-0.2, -0.15) is 0 Å². The van der Waals surface area contributed by atoms with Crippen LogP contribution in [-0.4, -0.2) is 50.5 Å². The smallest absolute Gasteiger partial charge is 0.226 e. The zero-order valence-corrected chi connectivity index (χ0v) is 13.0. The van der Waals surface area contributed by atoms with Gasteiger partial charge in [0.2, 0.25) is 5.91 Å². The average Bonchev–Trinajstić information content (AvgIpc) is 3.10. The van der Waals surface area contributed by atoms with Gasteiger partial charge >= 0.3 is 0 Å². The van der Waals surface area contributed by atoms with Crippen LogP contribution in [0.5, 0.6) is 5.75 Å². The van der Waals surface area contributed by atoms with Gasteiger partial charge in [0.1, 0.15) is 5.75 Å². The Morgan fingerprint density at radius 3 is 2.41 bits per heavy atom. The van der Waals surface area contributed by atoms with Gasteiger partial charge in [0, 0.05) is 19.0 Å². The third kappa shape index (κ3) is 3.59. The van der Waals surface area contributed by atoms with Gasteiger partial charge < -0.3 is 19.1 Å². The molecule has 3 rings (SSSR count). The summed E-state index contributed by atoms with van der Waals surface area (Å²) in [4.78, 5) is 14.3. The summed E-state index contributed by atoms with van der Waals surface area (Å²) < 4.78 is 16.3. The molecule has 5 heteroatoms. The number of hydrogen-bond donors (Lipinski definition) is 0. The summed E-state index contributed by atoms with van der Waals surface area (Å²) in [7, 11) is 1.64. The van der Waals surface area contributed by atoms with Crippen molar-refractivity contribution in [2.24, 2.45) is 5.92 Å². The summed E-state index contributed by atoms with van der Waals surface area (Å²) in [5, 5.41) is 0. The normalized spacial score (nSPS) is 20.3. The van der Waals surface area contributed by atoms with Crippen LogP contribution < -0.4 is 4.74 Å². The maximum Gasteiger partial charge on any atom is 0.226 e. The molecule has 1 amide bonds. The van der Waals surface area contributed by atoms with E-state index in [0.29, 0.717) is 25.6 Å². The van der Waals surface area contributed by atoms with E-state index in [1.807, 2.05) is 29.2 Å². The van der Waals surface area contributed by atoms with E-state index in [9.17, 15) is 4.79 Å². The van der Waals surface area contributed by atoms with E-state index in [0.717, 1.165) is 37.2 Å². The molecule has 120 valence electrons. The Morgan fingerprint density at radius 2 is 1.82 bits per heavy atom. The van der Waals surface area contributed by atoms with Crippen molar-refractivity contribution in [3.05, 3.63) is 29.8 Å². The van der Waals surface area contributed by atoms with E-state index in [4.69, 9.17) is 14.2 Å². The number of carbonyl (C=O) groups is 1. The van der Waals surface area contributed by atoms with Crippen LogP contribution in [0.4, 0.5) is 0 Å². The maximum atomic E-state index is 12.4. The van der Waals surface area contributed by atoms with E-state index < -0.39 is 0 Å². The highest BCUT2D eigenvalue weighted by molar-refractivity contribution is 5.78. The molecule has 0 bridgehead atoms. The molecular weight excluding hydrogens is 282 g/mol. The van der Waals surface area contributed by atoms with Crippen molar-refractivity contribution in [3.8, 4) is 5.75 Å². The van der Waals surface area contributed by atoms with Gasteiger partial charge in [-0.25, -0.2) is 0 Å². The van der Waals surface area contributed by atoms with E-state index in [1.54, 1.807) is 7.11 Å². The molecule has 2 saturated heterocycles. The minimum absolute atomic E-state index is 0.0566. The van der Waals surface area contributed by atoms with Crippen LogP contribution in [0.25, 0.3) is 0 Å². The van der Waals surface area contributed by atoms with Gasteiger partial charge in [0.05, 0.1) is 26.7 Å². The van der Waals surface area contributed by atoms with Gasteiger partial charge in [-0.3, -0.25) is 4.79 Å². The third-order valence-electron chi connectivity index (χ3n) is 4.44. The molecule has 2 fully saturated rings. The van der Waals surface area contributed by atoms with Crippen molar-refractivity contribution >= 4 is 5.91 Å². The number of ether oxygens (including phenoxy) is 3. The predicted molar refractivity (Wildman–Crippen MR) is 81.7 cm³/mol. The highest BCUT2D eigenvalue weighted by atomic mass is 16.7. The van der Waals surface area contributed by atoms with Crippen LogP contribution in [0, 0.1) is 5.92 Å². The Bertz CT molecular complexity index is 488. The van der Waals surface area contributed by atoms with Crippen molar-refractivity contribution in [1.29, 1.82) is 0 Å². The fourth-order valence-electron chi connectivity index (χ4n) is 3.10. The highest BCUT2D eigenvalue weighted by Crippen LogP contribution is 2.26. The lowest BCUT2D eigenvalue weighted by Gasteiger charge is -2.34. The first-order valence-corrected chi connectivity index (χ1v) is 7.90. The Kier molecular flexibility index (Phi) is 4.95. The molecule has 1 aromatic carbocycles. The summed E-state index contributed by atoms with van der Waals surface area (Å²) in [5.74, 6) is 1.43. The first kappa shape index (κ1) is 15.3. The molecule has 5 nitrogen and oxygen atoms in total. The molecular formula is C17H23NO4. The van der Waals surface area contributed by atoms with Gasteiger partial charge in [-0.05, 0) is 30.5 Å². The number of nitrogens with zero attached hydrogens (tertiary/aromatic N) is 1. The van der Waals surface area contributed by atoms with E-state index in [-0.39, 0.29) is 12.2 Å². The molecule has 2 aliphatic heterocycles. The molecule has 2 heterocycles. The second-order valence-corrected chi connectivity index (χ2v) is 5.85. The third-order valence-corrected chi connectivity index (χ3v) is 4.44. The monoisotopic (exact) mass is 305 g/mol. The van der Waals surface area contributed by atoms with Crippen LogP contribution in [-0.2, 0) is 20.7 Å². The van der Waals surface area contributed by atoms with Crippen LogP contribution in [0.2, 0.25) is 0 Å². The number of hydrogen-bond acceptors (Lipinski definition) is 4. The van der Waals surface area contributed by atoms with Crippen LogP contribution in [0.15, 0.2) is 24.3 Å². The Labute approximate surface area is 131 Å². The second kappa shape index (κ2) is 7.11. The average molecular weight is 305 g/mol. The summed E-state index contributed by atoms with van der Waals surface area (Å²) in [6.07, 6.45) is 2.31. The minimum atomic E-state index is -0.0566. The summed E-state index contributed by atoms with van der Waals surface area (Å²) in [5.41, 5.74) is 1.02. The van der Waals surface area contributed by atoms with Crippen molar-refractivity contribution in [2.75, 3.05) is 33.4 Å². The Hall–Kier alpha value is -1.59. The molecule has 0 aromatic heterocycles.